The van der Waals surface area contributed by atoms with Gasteiger partial charge in [0.05, 0.1) is 0 Å². The van der Waals surface area contributed by atoms with Crippen LogP contribution >= 0.6 is 0 Å². The number of amides is 1. The molecule has 5 nitrogen and oxygen atoms in total. The molecule has 4 aromatic rings. The zero-order chi connectivity index (χ0) is 19.3. The van der Waals surface area contributed by atoms with Crippen molar-refractivity contribution in [2.75, 3.05) is 0 Å². The van der Waals surface area contributed by atoms with Gasteiger partial charge in [-0.3, -0.25) is 9.78 Å². The predicted molar refractivity (Wildman–Crippen MR) is 109 cm³/mol. The standard InChI is InChI=1S/C23H20N4O/c1-27-21(23(28)25-16-17-10-4-2-5-11-17)20(18-12-6-3-7-13-18)26-22(27)19-14-8-9-15-24-19/h2-15H,16H2,1H3,(H,25,28). The number of nitrogens with zero attached hydrogens (tertiary/aromatic N) is 3. The molecule has 1 amide bonds. The average Bonchev–Trinajstić information content (AvgIpc) is 3.11. The van der Waals surface area contributed by atoms with Crippen molar-refractivity contribution in [1.82, 2.24) is 19.9 Å². The van der Waals surface area contributed by atoms with Crippen LogP contribution in [0.2, 0.25) is 0 Å². The fourth-order valence-electron chi connectivity index (χ4n) is 3.14. The second-order valence-corrected chi connectivity index (χ2v) is 6.44. The summed E-state index contributed by atoms with van der Waals surface area (Å²) in [6.07, 6.45) is 1.72. The lowest BCUT2D eigenvalue weighted by molar-refractivity contribution is 0.0943. The van der Waals surface area contributed by atoms with E-state index >= 15 is 0 Å². The Hall–Kier alpha value is -3.73. The first-order chi connectivity index (χ1) is 13.7. The molecule has 0 saturated heterocycles. The van der Waals surface area contributed by atoms with Crippen LogP contribution in [0.3, 0.4) is 0 Å². The van der Waals surface area contributed by atoms with Gasteiger partial charge in [0.25, 0.3) is 5.91 Å². The maximum Gasteiger partial charge on any atom is 0.270 e. The lowest BCUT2D eigenvalue weighted by atomic mass is 10.1. The minimum absolute atomic E-state index is 0.167. The molecule has 0 fully saturated rings. The second-order valence-electron chi connectivity index (χ2n) is 6.44. The Morgan fingerprint density at radius 2 is 1.61 bits per heavy atom. The maximum absolute atomic E-state index is 13.1. The Labute approximate surface area is 163 Å². The van der Waals surface area contributed by atoms with Gasteiger partial charge in [-0.2, -0.15) is 0 Å². The van der Waals surface area contributed by atoms with Gasteiger partial charge in [-0.25, -0.2) is 4.98 Å². The first-order valence-electron chi connectivity index (χ1n) is 9.09. The number of imidazole rings is 1. The zero-order valence-corrected chi connectivity index (χ0v) is 15.5. The Morgan fingerprint density at radius 1 is 0.929 bits per heavy atom. The summed E-state index contributed by atoms with van der Waals surface area (Å²) in [5, 5.41) is 3.01. The smallest absolute Gasteiger partial charge is 0.270 e. The van der Waals surface area contributed by atoms with Crippen LogP contribution < -0.4 is 5.32 Å². The van der Waals surface area contributed by atoms with Crippen molar-refractivity contribution >= 4 is 5.91 Å². The summed E-state index contributed by atoms with van der Waals surface area (Å²) in [7, 11) is 1.85. The summed E-state index contributed by atoms with van der Waals surface area (Å²) >= 11 is 0. The van der Waals surface area contributed by atoms with Gasteiger partial charge in [-0.05, 0) is 17.7 Å². The molecule has 0 aliphatic carbocycles. The largest absolute Gasteiger partial charge is 0.347 e. The summed E-state index contributed by atoms with van der Waals surface area (Å²) in [6, 6.07) is 25.3. The number of hydrogen-bond donors (Lipinski definition) is 1. The predicted octanol–water partition coefficient (Wildman–Crippen LogP) is 4.08. The molecule has 138 valence electrons. The monoisotopic (exact) mass is 368 g/mol. The molecular weight excluding hydrogens is 348 g/mol. The molecule has 0 aliphatic rings. The number of benzene rings is 2. The van der Waals surface area contributed by atoms with E-state index in [1.807, 2.05) is 90.5 Å². The fourth-order valence-corrected chi connectivity index (χ4v) is 3.14. The van der Waals surface area contributed by atoms with Crippen LogP contribution in [0.5, 0.6) is 0 Å². The Morgan fingerprint density at radius 3 is 2.29 bits per heavy atom. The molecule has 0 spiro atoms. The van der Waals surface area contributed by atoms with E-state index in [4.69, 9.17) is 4.98 Å². The van der Waals surface area contributed by atoms with Crippen LogP contribution in [0.4, 0.5) is 0 Å². The van der Waals surface area contributed by atoms with E-state index in [-0.39, 0.29) is 5.91 Å². The van der Waals surface area contributed by atoms with Gasteiger partial charge in [-0.1, -0.05) is 66.7 Å². The van der Waals surface area contributed by atoms with E-state index in [9.17, 15) is 4.79 Å². The molecular formula is C23H20N4O. The van der Waals surface area contributed by atoms with Gasteiger partial charge >= 0.3 is 0 Å². The molecule has 2 aromatic carbocycles. The van der Waals surface area contributed by atoms with E-state index in [0.29, 0.717) is 23.8 Å². The molecule has 1 N–H and O–H groups in total. The lowest BCUT2D eigenvalue weighted by Crippen LogP contribution is -2.25. The minimum Gasteiger partial charge on any atom is -0.347 e. The molecule has 0 radical (unpaired) electrons. The first-order valence-corrected chi connectivity index (χ1v) is 9.09. The molecule has 4 rings (SSSR count). The van der Waals surface area contributed by atoms with Crippen molar-refractivity contribution in [2.45, 2.75) is 6.54 Å². The van der Waals surface area contributed by atoms with Crippen LogP contribution in [0, 0.1) is 0 Å². The van der Waals surface area contributed by atoms with Crippen molar-refractivity contribution < 1.29 is 4.79 Å². The van der Waals surface area contributed by atoms with Gasteiger partial charge in [0.1, 0.15) is 17.1 Å². The normalized spacial score (nSPS) is 10.6. The number of hydrogen-bond acceptors (Lipinski definition) is 3. The highest BCUT2D eigenvalue weighted by molar-refractivity contribution is 5.99. The minimum atomic E-state index is -0.167. The van der Waals surface area contributed by atoms with E-state index in [1.165, 1.54) is 0 Å². The Bertz CT molecular complexity index is 1070. The molecule has 0 bridgehead atoms. The number of rotatable bonds is 5. The molecule has 0 aliphatic heterocycles. The first kappa shape index (κ1) is 17.7. The van der Waals surface area contributed by atoms with Crippen LogP contribution in [-0.2, 0) is 13.6 Å². The van der Waals surface area contributed by atoms with Crippen LogP contribution in [0.15, 0.2) is 85.1 Å². The summed E-state index contributed by atoms with van der Waals surface area (Å²) in [5.74, 6) is 0.490. The molecule has 5 heteroatoms. The maximum atomic E-state index is 13.1. The van der Waals surface area contributed by atoms with Crippen molar-refractivity contribution in [3.05, 3.63) is 96.3 Å². The lowest BCUT2D eigenvalue weighted by Gasteiger charge is -2.09. The number of aromatic nitrogens is 3. The highest BCUT2D eigenvalue weighted by Gasteiger charge is 2.23. The van der Waals surface area contributed by atoms with Crippen LogP contribution in [0.25, 0.3) is 22.8 Å². The molecule has 0 atom stereocenters. The van der Waals surface area contributed by atoms with Gasteiger partial charge in [0.2, 0.25) is 0 Å². The molecule has 0 saturated carbocycles. The van der Waals surface area contributed by atoms with Crippen molar-refractivity contribution in [3.8, 4) is 22.8 Å². The quantitative estimate of drug-likeness (QED) is 0.577. The summed E-state index contributed by atoms with van der Waals surface area (Å²) in [6.45, 7) is 0.456. The van der Waals surface area contributed by atoms with E-state index < -0.39 is 0 Å². The summed E-state index contributed by atoms with van der Waals surface area (Å²) < 4.78 is 1.81. The third-order valence-electron chi connectivity index (χ3n) is 4.55. The molecule has 2 aromatic heterocycles. The highest BCUT2D eigenvalue weighted by atomic mass is 16.2. The van der Waals surface area contributed by atoms with Crippen molar-refractivity contribution in [3.63, 3.8) is 0 Å². The van der Waals surface area contributed by atoms with Gasteiger partial charge < -0.3 is 9.88 Å². The van der Waals surface area contributed by atoms with E-state index in [0.717, 1.165) is 16.8 Å². The Kier molecular flexibility index (Phi) is 4.97. The average molecular weight is 368 g/mol. The SMILES string of the molecule is Cn1c(-c2ccccn2)nc(-c2ccccc2)c1C(=O)NCc1ccccc1. The molecule has 2 heterocycles. The van der Waals surface area contributed by atoms with Crippen molar-refractivity contribution in [2.24, 2.45) is 7.05 Å². The van der Waals surface area contributed by atoms with E-state index in [2.05, 4.69) is 10.3 Å². The third-order valence-corrected chi connectivity index (χ3v) is 4.55. The highest BCUT2D eigenvalue weighted by Crippen LogP contribution is 2.27. The van der Waals surface area contributed by atoms with E-state index in [1.54, 1.807) is 6.20 Å². The topological polar surface area (TPSA) is 59.8 Å². The summed E-state index contributed by atoms with van der Waals surface area (Å²) in [5.41, 5.74) is 3.83. The number of carbonyl (C=O) groups excluding carboxylic acids is 1. The molecule has 0 unspecified atom stereocenters. The van der Waals surface area contributed by atoms with Crippen molar-refractivity contribution in [1.29, 1.82) is 0 Å². The fraction of sp³-hybridized carbons (Fsp3) is 0.0870. The second kappa shape index (κ2) is 7.88. The summed E-state index contributed by atoms with van der Waals surface area (Å²) in [4.78, 5) is 22.2. The molecule has 28 heavy (non-hydrogen) atoms. The van der Waals surface area contributed by atoms with Gasteiger partial charge in [-0.15, -0.1) is 0 Å². The number of carbonyl (C=O) groups is 1. The number of pyridine rings is 1. The Balaban J connectivity index is 1.74. The zero-order valence-electron chi connectivity index (χ0n) is 15.5. The van der Waals surface area contributed by atoms with Crippen LogP contribution in [0.1, 0.15) is 16.1 Å². The van der Waals surface area contributed by atoms with Gasteiger partial charge in [0.15, 0.2) is 5.82 Å². The van der Waals surface area contributed by atoms with Crippen LogP contribution in [-0.4, -0.2) is 20.4 Å². The number of nitrogens with one attached hydrogen (secondary N) is 1. The third kappa shape index (κ3) is 3.55. The van der Waals surface area contributed by atoms with Gasteiger partial charge in [0, 0.05) is 25.4 Å².